The molecule has 3 rings (SSSR count). The van der Waals surface area contributed by atoms with Crippen LogP contribution >= 0.6 is 0 Å². The Hall–Kier alpha value is -2.37. The van der Waals surface area contributed by atoms with Crippen molar-refractivity contribution >= 4 is 17.9 Å². The Morgan fingerprint density at radius 3 is 2.60 bits per heavy atom. The number of carbonyl (C=O) groups excluding carboxylic acids is 3. The molecule has 0 aromatic heterocycles. The van der Waals surface area contributed by atoms with Gasteiger partial charge in [0.2, 0.25) is 0 Å². The van der Waals surface area contributed by atoms with Gasteiger partial charge in [-0.2, -0.15) is 0 Å². The third kappa shape index (κ3) is 3.38. The van der Waals surface area contributed by atoms with E-state index in [1.54, 1.807) is 19.9 Å². The summed E-state index contributed by atoms with van der Waals surface area (Å²) in [6.45, 7) is 9.18. The molecule has 6 nitrogen and oxygen atoms in total. The molecule has 0 N–H and O–H groups in total. The average molecular weight is 346 g/mol. The molecule has 0 unspecified atom stereocenters. The van der Waals surface area contributed by atoms with Crippen LogP contribution < -0.4 is 0 Å². The second-order valence-corrected chi connectivity index (χ2v) is 7.11. The van der Waals surface area contributed by atoms with Crippen LogP contribution in [0.1, 0.15) is 33.6 Å². The Morgan fingerprint density at radius 2 is 1.92 bits per heavy atom. The second-order valence-electron chi connectivity index (χ2n) is 7.11. The SMILES string of the molecule is C=C1C(=O)O[C@@H]2/C=C(/C)C[C@H]3C=C(C[C@H](OC(=O)C(C)C)[C@@H]12)C(=O)O3. The summed E-state index contributed by atoms with van der Waals surface area (Å²) in [6.07, 6.45) is 2.73. The molecule has 0 saturated carbocycles. The largest absolute Gasteiger partial charge is 0.461 e. The lowest BCUT2D eigenvalue weighted by Gasteiger charge is -2.27. The minimum Gasteiger partial charge on any atom is -0.461 e. The van der Waals surface area contributed by atoms with Gasteiger partial charge in [0.15, 0.2) is 0 Å². The van der Waals surface area contributed by atoms with Gasteiger partial charge in [-0.25, -0.2) is 9.59 Å². The zero-order valence-corrected chi connectivity index (χ0v) is 14.6. The van der Waals surface area contributed by atoms with Crippen molar-refractivity contribution < 1.29 is 28.6 Å². The van der Waals surface area contributed by atoms with Gasteiger partial charge in [-0.15, -0.1) is 0 Å². The number of esters is 3. The number of carbonyl (C=O) groups is 3. The van der Waals surface area contributed by atoms with E-state index in [9.17, 15) is 14.4 Å². The van der Waals surface area contributed by atoms with Crippen LogP contribution in [0.25, 0.3) is 0 Å². The third-order valence-corrected chi connectivity index (χ3v) is 4.70. The van der Waals surface area contributed by atoms with Gasteiger partial charge in [0.25, 0.3) is 0 Å². The van der Waals surface area contributed by atoms with Gasteiger partial charge in [0.05, 0.1) is 11.8 Å². The summed E-state index contributed by atoms with van der Waals surface area (Å²) < 4.78 is 16.4. The molecule has 0 aromatic rings. The molecule has 1 aliphatic carbocycles. The smallest absolute Gasteiger partial charge is 0.334 e. The van der Waals surface area contributed by atoms with E-state index in [1.807, 2.05) is 13.0 Å². The minimum absolute atomic E-state index is 0.178. The molecular weight excluding hydrogens is 324 g/mol. The first-order chi connectivity index (χ1) is 11.8. The molecule has 25 heavy (non-hydrogen) atoms. The van der Waals surface area contributed by atoms with E-state index in [0.717, 1.165) is 5.57 Å². The Labute approximate surface area is 146 Å². The fourth-order valence-corrected chi connectivity index (χ4v) is 3.38. The van der Waals surface area contributed by atoms with Crippen molar-refractivity contribution in [2.45, 2.75) is 51.9 Å². The van der Waals surface area contributed by atoms with Crippen molar-refractivity contribution in [3.05, 3.63) is 35.5 Å². The van der Waals surface area contributed by atoms with Crippen LogP contribution in [0.2, 0.25) is 0 Å². The number of rotatable bonds is 2. The van der Waals surface area contributed by atoms with Crippen molar-refractivity contribution in [1.29, 1.82) is 0 Å². The van der Waals surface area contributed by atoms with E-state index in [0.29, 0.717) is 12.0 Å². The van der Waals surface area contributed by atoms with Crippen LogP contribution in [0.3, 0.4) is 0 Å². The highest BCUT2D eigenvalue weighted by atomic mass is 16.6. The molecule has 1 fully saturated rings. The molecule has 6 heteroatoms. The van der Waals surface area contributed by atoms with Crippen molar-refractivity contribution in [2.75, 3.05) is 0 Å². The summed E-state index contributed by atoms with van der Waals surface area (Å²) in [5.74, 6) is -2.13. The highest BCUT2D eigenvalue weighted by Crippen LogP contribution is 2.38. The summed E-state index contributed by atoms with van der Waals surface area (Å²) in [4.78, 5) is 36.3. The minimum atomic E-state index is -0.710. The number of ether oxygens (including phenoxy) is 3. The lowest BCUT2D eigenvalue weighted by atomic mass is 9.85. The number of hydrogen-bond donors (Lipinski definition) is 0. The zero-order valence-electron chi connectivity index (χ0n) is 14.6. The monoisotopic (exact) mass is 346 g/mol. The van der Waals surface area contributed by atoms with Gasteiger partial charge in [0, 0.05) is 24.0 Å². The van der Waals surface area contributed by atoms with Crippen molar-refractivity contribution in [2.24, 2.45) is 11.8 Å². The molecule has 0 spiro atoms. The first-order valence-corrected chi connectivity index (χ1v) is 8.45. The highest BCUT2D eigenvalue weighted by molar-refractivity contribution is 5.92. The van der Waals surface area contributed by atoms with Crippen LogP contribution in [-0.2, 0) is 28.6 Å². The van der Waals surface area contributed by atoms with E-state index >= 15 is 0 Å². The molecule has 3 aliphatic rings. The zero-order chi connectivity index (χ0) is 18.3. The normalized spacial score (nSPS) is 33.8. The quantitative estimate of drug-likeness (QED) is 0.330. The Morgan fingerprint density at radius 1 is 1.20 bits per heavy atom. The molecule has 2 aliphatic heterocycles. The summed E-state index contributed by atoms with van der Waals surface area (Å²) in [5.41, 5.74) is 1.66. The molecule has 4 atom stereocenters. The van der Waals surface area contributed by atoms with Crippen LogP contribution in [0.15, 0.2) is 35.5 Å². The van der Waals surface area contributed by atoms with E-state index < -0.39 is 36.0 Å². The predicted molar refractivity (Wildman–Crippen MR) is 88.2 cm³/mol. The summed E-state index contributed by atoms with van der Waals surface area (Å²) in [5, 5.41) is 0. The van der Waals surface area contributed by atoms with Crippen LogP contribution in [0.4, 0.5) is 0 Å². The van der Waals surface area contributed by atoms with E-state index in [1.165, 1.54) is 0 Å². The van der Waals surface area contributed by atoms with Gasteiger partial charge in [-0.05, 0) is 19.1 Å². The Balaban J connectivity index is 1.99. The highest BCUT2D eigenvalue weighted by Gasteiger charge is 2.46. The maximum atomic E-state index is 12.2. The maximum absolute atomic E-state index is 12.2. The maximum Gasteiger partial charge on any atom is 0.334 e. The first-order valence-electron chi connectivity index (χ1n) is 8.45. The molecule has 0 amide bonds. The second kappa shape index (κ2) is 6.50. The van der Waals surface area contributed by atoms with Crippen LogP contribution in [0.5, 0.6) is 0 Å². The molecule has 0 aromatic carbocycles. The summed E-state index contributed by atoms with van der Waals surface area (Å²) in [7, 11) is 0. The standard InChI is InChI=1S/C19H22O6/c1-9(2)17(20)24-15-8-12-7-13(23-19(12)22)5-10(3)6-14-16(15)11(4)18(21)25-14/h6-7,9,13-16H,4-5,8H2,1-3H3/b10-6-/t13-,14+,15-,16-/m0/s1. The van der Waals surface area contributed by atoms with E-state index in [2.05, 4.69) is 6.58 Å². The lowest BCUT2D eigenvalue weighted by molar-refractivity contribution is -0.156. The van der Waals surface area contributed by atoms with Gasteiger partial charge in [0.1, 0.15) is 18.3 Å². The Kier molecular flexibility index (Phi) is 4.54. The third-order valence-electron chi connectivity index (χ3n) is 4.70. The van der Waals surface area contributed by atoms with Crippen LogP contribution in [0, 0.1) is 11.8 Å². The molecule has 1 saturated heterocycles. The number of fused-ring (bicyclic) bond motifs is 2. The first kappa shape index (κ1) is 17.5. The summed E-state index contributed by atoms with van der Waals surface area (Å²) in [6, 6.07) is 0. The van der Waals surface area contributed by atoms with Crippen molar-refractivity contribution in [1.82, 2.24) is 0 Å². The van der Waals surface area contributed by atoms with Gasteiger partial charge in [-0.1, -0.05) is 26.0 Å². The molecular formula is C19H22O6. The van der Waals surface area contributed by atoms with Crippen molar-refractivity contribution in [3.63, 3.8) is 0 Å². The fraction of sp³-hybridized carbons (Fsp3) is 0.526. The topological polar surface area (TPSA) is 78.9 Å². The van der Waals surface area contributed by atoms with E-state index in [-0.39, 0.29) is 24.0 Å². The molecule has 0 radical (unpaired) electrons. The average Bonchev–Trinajstić information content (AvgIpc) is 2.98. The summed E-state index contributed by atoms with van der Waals surface area (Å²) >= 11 is 0. The number of hydrogen-bond acceptors (Lipinski definition) is 6. The van der Waals surface area contributed by atoms with Gasteiger partial charge < -0.3 is 14.2 Å². The van der Waals surface area contributed by atoms with Gasteiger partial charge in [-0.3, -0.25) is 4.79 Å². The van der Waals surface area contributed by atoms with Gasteiger partial charge >= 0.3 is 17.9 Å². The van der Waals surface area contributed by atoms with Crippen molar-refractivity contribution in [3.8, 4) is 0 Å². The molecule has 134 valence electrons. The fourth-order valence-electron chi connectivity index (χ4n) is 3.38. The molecule has 2 bridgehead atoms. The van der Waals surface area contributed by atoms with Crippen LogP contribution in [-0.4, -0.2) is 36.2 Å². The Bertz CT molecular complexity index is 699. The lowest BCUT2D eigenvalue weighted by Crippen LogP contribution is -2.35. The predicted octanol–water partition coefficient (Wildman–Crippen LogP) is 2.24. The molecule has 2 heterocycles. The van der Waals surface area contributed by atoms with E-state index in [4.69, 9.17) is 14.2 Å².